The van der Waals surface area contributed by atoms with E-state index in [9.17, 15) is 14.4 Å². The molecule has 3 N–H and O–H groups in total. The van der Waals surface area contributed by atoms with Gasteiger partial charge < -0.3 is 10.6 Å². The van der Waals surface area contributed by atoms with Gasteiger partial charge >= 0.3 is 5.69 Å². The lowest BCUT2D eigenvalue weighted by Crippen LogP contribution is -2.38. The minimum Gasteiger partial charge on any atom is -0.350 e. The molecule has 0 saturated carbocycles. The van der Waals surface area contributed by atoms with Gasteiger partial charge in [0.2, 0.25) is 0 Å². The summed E-state index contributed by atoms with van der Waals surface area (Å²) in [5.41, 5.74) is 0.104. The molecule has 1 unspecified atom stereocenters. The van der Waals surface area contributed by atoms with Crippen LogP contribution in [0.4, 0.5) is 0 Å². The monoisotopic (exact) mass is 431 g/mol. The van der Waals surface area contributed by atoms with E-state index in [2.05, 4.69) is 20.6 Å². The number of nitrogens with one attached hydrogen (secondary N) is 3. The molecule has 2 aromatic heterocycles. The van der Waals surface area contributed by atoms with Crippen LogP contribution >= 0.6 is 24.8 Å². The number of amides is 1. The van der Waals surface area contributed by atoms with Gasteiger partial charge in [-0.25, -0.2) is 9.78 Å². The minimum atomic E-state index is -0.582. The molecule has 8 nitrogen and oxygen atoms in total. The van der Waals surface area contributed by atoms with E-state index in [4.69, 9.17) is 0 Å². The second kappa shape index (κ2) is 10.0. The Labute approximate surface area is 175 Å². The van der Waals surface area contributed by atoms with Gasteiger partial charge in [-0.3, -0.25) is 19.1 Å². The highest BCUT2D eigenvalue weighted by Gasteiger charge is 2.21. The van der Waals surface area contributed by atoms with E-state index in [0.29, 0.717) is 18.8 Å². The van der Waals surface area contributed by atoms with Crippen LogP contribution < -0.4 is 21.9 Å². The quantitative estimate of drug-likeness (QED) is 0.665. The summed E-state index contributed by atoms with van der Waals surface area (Å²) >= 11 is 0. The molecule has 28 heavy (non-hydrogen) atoms. The first-order chi connectivity index (χ1) is 12.4. The Morgan fingerprint density at radius 2 is 2.07 bits per heavy atom. The van der Waals surface area contributed by atoms with E-state index in [-0.39, 0.29) is 59.3 Å². The van der Waals surface area contributed by atoms with E-state index in [1.165, 1.54) is 4.57 Å². The maximum atomic E-state index is 12.8. The lowest BCUT2D eigenvalue weighted by atomic mass is 10.0. The van der Waals surface area contributed by atoms with Crippen LogP contribution in [-0.2, 0) is 6.54 Å². The van der Waals surface area contributed by atoms with Crippen LogP contribution in [-0.4, -0.2) is 39.6 Å². The summed E-state index contributed by atoms with van der Waals surface area (Å²) in [5.74, 6) is -0.262. The van der Waals surface area contributed by atoms with E-state index in [1.54, 1.807) is 13.0 Å². The predicted octanol–water partition coefficient (Wildman–Crippen LogP) is 1.55. The molecule has 0 bridgehead atoms. The van der Waals surface area contributed by atoms with Gasteiger partial charge in [0.15, 0.2) is 5.65 Å². The standard InChI is InChI=1S/C18H25N5O3.2ClH/c1-4-23-15-14(17(25)22-18(23)26)12(8-13(21-15)10(2)3)16(24)20-9-11-6-5-7-19-11;;/h8,10-11,19H,4-7,9H2,1-3H3,(H,20,24)(H,22,25,26);2*1H. The molecular formula is C18H27Cl2N5O3. The van der Waals surface area contributed by atoms with E-state index >= 15 is 0 Å². The second-order valence-electron chi connectivity index (χ2n) is 6.95. The molecule has 0 aromatic carbocycles. The van der Waals surface area contributed by atoms with E-state index < -0.39 is 11.2 Å². The van der Waals surface area contributed by atoms with Gasteiger partial charge in [-0.15, -0.1) is 24.8 Å². The number of aromatic amines is 1. The number of aryl methyl sites for hydroxylation is 1. The summed E-state index contributed by atoms with van der Waals surface area (Å²) in [4.78, 5) is 44.2. The number of fused-ring (bicyclic) bond motifs is 1. The summed E-state index contributed by atoms with van der Waals surface area (Å²) in [5, 5.41) is 6.40. The number of rotatable bonds is 5. The van der Waals surface area contributed by atoms with Crippen molar-refractivity contribution in [1.29, 1.82) is 0 Å². The topological polar surface area (TPSA) is 109 Å². The first kappa shape index (κ1) is 24.1. The van der Waals surface area contributed by atoms with Gasteiger partial charge in [0, 0.05) is 24.8 Å². The van der Waals surface area contributed by atoms with Gasteiger partial charge in [-0.1, -0.05) is 13.8 Å². The number of pyridine rings is 1. The summed E-state index contributed by atoms with van der Waals surface area (Å²) < 4.78 is 1.39. The number of carbonyl (C=O) groups excluding carboxylic acids is 1. The zero-order chi connectivity index (χ0) is 18.8. The van der Waals surface area contributed by atoms with Crippen molar-refractivity contribution in [3.05, 3.63) is 38.2 Å². The summed E-state index contributed by atoms with van der Waals surface area (Å²) in [6, 6.07) is 1.91. The summed E-state index contributed by atoms with van der Waals surface area (Å²) in [6.07, 6.45) is 2.11. The number of halogens is 2. The van der Waals surface area contributed by atoms with Gasteiger partial charge in [0.05, 0.1) is 10.9 Å². The van der Waals surface area contributed by atoms with Crippen molar-refractivity contribution in [2.45, 2.75) is 52.1 Å². The van der Waals surface area contributed by atoms with Gasteiger partial charge in [-0.2, -0.15) is 0 Å². The van der Waals surface area contributed by atoms with E-state index in [1.807, 2.05) is 13.8 Å². The highest BCUT2D eigenvalue weighted by Crippen LogP contribution is 2.19. The number of aromatic nitrogens is 3. The second-order valence-corrected chi connectivity index (χ2v) is 6.95. The number of hydrogen-bond acceptors (Lipinski definition) is 5. The van der Waals surface area contributed by atoms with Crippen molar-refractivity contribution in [3.8, 4) is 0 Å². The molecular weight excluding hydrogens is 405 g/mol. The molecule has 1 saturated heterocycles. The SMILES string of the molecule is CCn1c(=O)[nH]c(=O)c2c(C(=O)NCC3CCCN3)cc(C(C)C)nc21.Cl.Cl. The Kier molecular flexibility index (Phi) is 8.66. The van der Waals surface area contributed by atoms with Gasteiger partial charge in [0.1, 0.15) is 0 Å². The van der Waals surface area contributed by atoms with Crippen molar-refractivity contribution >= 4 is 41.8 Å². The van der Waals surface area contributed by atoms with Crippen molar-refractivity contribution in [3.63, 3.8) is 0 Å². The molecule has 1 fully saturated rings. The Bertz CT molecular complexity index is 949. The molecule has 3 rings (SSSR count). The van der Waals surface area contributed by atoms with Crippen molar-refractivity contribution in [1.82, 2.24) is 25.2 Å². The van der Waals surface area contributed by atoms with Crippen molar-refractivity contribution in [2.75, 3.05) is 13.1 Å². The molecule has 0 spiro atoms. The van der Waals surface area contributed by atoms with Crippen LogP contribution in [0.15, 0.2) is 15.7 Å². The first-order valence-electron chi connectivity index (χ1n) is 9.11. The van der Waals surface area contributed by atoms with Crippen LogP contribution in [0.1, 0.15) is 55.6 Å². The summed E-state index contributed by atoms with van der Waals surface area (Å²) in [6.45, 7) is 7.53. The Morgan fingerprint density at radius 3 is 2.64 bits per heavy atom. The van der Waals surface area contributed by atoms with E-state index in [0.717, 1.165) is 19.4 Å². The first-order valence-corrected chi connectivity index (χ1v) is 9.11. The zero-order valence-electron chi connectivity index (χ0n) is 16.2. The highest BCUT2D eigenvalue weighted by molar-refractivity contribution is 6.05. The van der Waals surface area contributed by atoms with Crippen molar-refractivity contribution in [2.24, 2.45) is 0 Å². The number of carbonyl (C=O) groups is 1. The fraction of sp³-hybridized carbons (Fsp3) is 0.556. The molecule has 2 aromatic rings. The molecule has 156 valence electrons. The molecule has 10 heteroatoms. The van der Waals surface area contributed by atoms with Gasteiger partial charge in [0.25, 0.3) is 11.5 Å². The average molecular weight is 432 g/mol. The third kappa shape index (κ3) is 4.74. The van der Waals surface area contributed by atoms with Crippen LogP contribution in [0.5, 0.6) is 0 Å². The average Bonchev–Trinajstić information content (AvgIpc) is 3.12. The Morgan fingerprint density at radius 1 is 1.36 bits per heavy atom. The van der Waals surface area contributed by atoms with Gasteiger partial charge in [-0.05, 0) is 38.3 Å². The van der Waals surface area contributed by atoms with Crippen molar-refractivity contribution < 1.29 is 4.79 Å². The smallest absolute Gasteiger partial charge is 0.329 e. The molecule has 3 heterocycles. The summed E-state index contributed by atoms with van der Waals surface area (Å²) in [7, 11) is 0. The maximum Gasteiger partial charge on any atom is 0.329 e. The molecule has 0 aliphatic carbocycles. The number of hydrogen-bond donors (Lipinski definition) is 3. The third-order valence-corrected chi connectivity index (χ3v) is 4.79. The number of H-pyrrole nitrogens is 1. The van der Waals surface area contributed by atoms with Crippen LogP contribution in [0.25, 0.3) is 11.0 Å². The molecule has 1 amide bonds. The van der Waals surface area contributed by atoms with Crippen LogP contribution in [0, 0.1) is 0 Å². The molecule has 1 aliphatic rings. The lowest BCUT2D eigenvalue weighted by Gasteiger charge is -2.15. The molecule has 1 atom stereocenters. The fourth-order valence-corrected chi connectivity index (χ4v) is 3.30. The Balaban J connectivity index is 0.00000196. The molecule has 1 aliphatic heterocycles. The fourth-order valence-electron chi connectivity index (χ4n) is 3.30. The largest absolute Gasteiger partial charge is 0.350 e. The third-order valence-electron chi connectivity index (χ3n) is 4.79. The van der Waals surface area contributed by atoms with Crippen LogP contribution in [0.2, 0.25) is 0 Å². The lowest BCUT2D eigenvalue weighted by molar-refractivity contribution is 0.0951. The molecule has 0 radical (unpaired) electrons. The Hall–Kier alpha value is -1.90. The highest BCUT2D eigenvalue weighted by atomic mass is 35.5. The predicted molar refractivity (Wildman–Crippen MR) is 114 cm³/mol. The number of nitrogens with zero attached hydrogens (tertiary/aromatic N) is 2. The van der Waals surface area contributed by atoms with Crippen LogP contribution in [0.3, 0.4) is 0 Å². The normalized spacial score (nSPS) is 15.9. The maximum absolute atomic E-state index is 12.8. The zero-order valence-corrected chi connectivity index (χ0v) is 17.8. The minimum absolute atomic E-state index is 0.